The molecule has 0 atom stereocenters. The highest BCUT2D eigenvalue weighted by atomic mass is 32.1. The van der Waals surface area contributed by atoms with Crippen molar-refractivity contribution in [3.63, 3.8) is 0 Å². The predicted molar refractivity (Wildman–Crippen MR) is 73.4 cm³/mol. The van der Waals surface area contributed by atoms with Gasteiger partial charge in [0.25, 0.3) is 0 Å². The third kappa shape index (κ3) is 2.46. The number of rotatable bonds is 3. The van der Waals surface area contributed by atoms with Gasteiger partial charge in [-0.25, -0.2) is 13.2 Å². The maximum atomic E-state index is 13.6. The number of nitrogens with one attached hydrogen (secondary N) is 1. The van der Waals surface area contributed by atoms with Gasteiger partial charge in [0.2, 0.25) is 0 Å². The van der Waals surface area contributed by atoms with Gasteiger partial charge in [-0.2, -0.15) is 5.10 Å². The second-order valence-corrected chi connectivity index (χ2v) is 4.61. The van der Waals surface area contributed by atoms with E-state index in [4.69, 9.17) is 18.0 Å². The number of nitrogens with two attached hydrogens (primary N) is 1. The largest absolute Gasteiger partial charge is 0.389 e. The number of halogens is 3. The average Bonchev–Trinajstić information content (AvgIpc) is 2.58. The Kier molecular flexibility index (Phi) is 3.67. The summed E-state index contributed by atoms with van der Waals surface area (Å²) in [6.07, 6.45) is 0. The molecule has 0 amide bonds. The molecule has 0 saturated heterocycles. The molecule has 0 aliphatic carbocycles. The Bertz CT molecular complexity index is 673. The van der Waals surface area contributed by atoms with Crippen molar-refractivity contribution in [1.29, 1.82) is 0 Å². The summed E-state index contributed by atoms with van der Waals surface area (Å²) in [6, 6.07) is 1.16. The maximum absolute atomic E-state index is 13.6. The topological polar surface area (TPSA) is 55.9 Å². The van der Waals surface area contributed by atoms with Crippen LogP contribution in [0.5, 0.6) is 0 Å². The molecule has 8 heteroatoms. The molecule has 4 nitrogen and oxygen atoms in total. The molecule has 0 saturated carbocycles. The van der Waals surface area contributed by atoms with Crippen LogP contribution in [0.2, 0.25) is 0 Å². The van der Waals surface area contributed by atoms with E-state index in [0.29, 0.717) is 23.4 Å². The minimum absolute atomic E-state index is 0.0426. The minimum atomic E-state index is -1.06. The Hall–Kier alpha value is -2.09. The van der Waals surface area contributed by atoms with Crippen molar-refractivity contribution in [3.8, 4) is 0 Å². The van der Waals surface area contributed by atoms with Crippen LogP contribution < -0.4 is 11.1 Å². The van der Waals surface area contributed by atoms with E-state index < -0.39 is 23.1 Å². The number of hydrogen-bond acceptors (Lipinski definition) is 3. The average molecular weight is 300 g/mol. The van der Waals surface area contributed by atoms with Gasteiger partial charge in [-0.05, 0) is 6.92 Å². The SMILES string of the molecule is Cc1nn(C)c(Nc2c(F)cc(F)cc2F)c1C(N)=S. The number of aromatic nitrogens is 2. The van der Waals surface area contributed by atoms with Gasteiger partial charge >= 0.3 is 0 Å². The van der Waals surface area contributed by atoms with Gasteiger partial charge in [0.15, 0.2) is 11.6 Å². The molecule has 2 aromatic rings. The van der Waals surface area contributed by atoms with Crippen molar-refractivity contribution >= 4 is 28.7 Å². The number of benzene rings is 1. The fourth-order valence-corrected chi connectivity index (χ4v) is 2.12. The lowest BCUT2D eigenvalue weighted by molar-refractivity contribution is 0.548. The Morgan fingerprint density at radius 3 is 2.35 bits per heavy atom. The van der Waals surface area contributed by atoms with E-state index in [0.717, 1.165) is 0 Å². The first-order chi connectivity index (χ1) is 9.31. The molecule has 0 radical (unpaired) electrons. The highest BCUT2D eigenvalue weighted by Gasteiger charge is 2.19. The van der Waals surface area contributed by atoms with Crippen LogP contribution in [0.1, 0.15) is 11.3 Å². The fourth-order valence-electron chi connectivity index (χ4n) is 1.88. The number of aryl methyl sites for hydroxylation is 2. The molecule has 106 valence electrons. The van der Waals surface area contributed by atoms with Gasteiger partial charge in [-0.15, -0.1) is 0 Å². The summed E-state index contributed by atoms with van der Waals surface area (Å²) in [6.45, 7) is 1.66. The van der Waals surface area contributed by atoms with Crippen molar-refractivity contribution in [1.82, 2.24) is 9.78 Å². The van der Waals surface area contributed by atoms with Crippen molar-refractivity contribution < 1.29 is 13.2 Å². The quantitative estimate of drug-likeness (QED) is 0.855. The van der Waals surface area contributed by atoms with Crippen molar-refractivity contribution in [2.24, 2.45) is 12.8 Å². The first-order valence-corrected chi connectivity index (χ1v) is 5.97. The van der Waals surface area contributed by atoms with Crippen LogP contribution in [0.15, 0.2) is 12.1 Å². The lowest BCUT2D eigenvalue weighted by atomic mass is 10.2. The van der Waals surface area contributed by atoms with E-state index in [-0.39, 0.29) is 10.8 Å². The third-order valence-electron chi connectivity index (χ3n) is 2.72. The molecule has 0 aliphatic rings. The number of hydrogen-bond donors (Lipinski definition) is 2. The van der Waals surface area contributed by atoms with Crippen molar-refractivity contribution in [2.75, 3.05) is 5.32 Å². The van der Waals surface area contributed by atoms with Crippen LogP contribution in [-0.2, 0) is 7.05 Å². The van der Waals surface area contributed by atoms with Gasteiger partial charge in [0.1, 0.15) is 22.3 Å². The Labute approximate surface area is 118 Å². The summed E-state index contributed by atoms with van der Waals surface area (Å²) >= 11 is 4.89. The van der Waals surface area contributed by atoms with Crippen LogP contribution in [0, 0.1) is 24.4 Å². The number of thiocarbonyl (C=S) groups is 1. The van der Waals surface area contributed by atoms with Crippen LogP contribution >= 0.6 is 12.2 Å². The summed E-state index contributed by atoms with van der Waals surface area (Å²) < 4.78 is 41.5. The zero-order valence-corrected chi connectivity index (χ0v) is 11.5. The molecule has 0 bridgehead atoms. The van der Waals surface area contributed by atoms with Gasteiger partial charge < -0.3 is 11.1 Å². The highest BCUT2D eigenvalue weighted by molar-refractivity contribution is 7.80. The molecule has 1 aromatic carbocycles. The van der Waals surface area contributed by atoms with Crippen LogP contribution in [0.3, 0.4) is 0 Å². The fraction of sp³-hybridized carbons (Fsp3) is 0.167. The Morgan fingerprint density at radius 2 is 1.85 bits per heavy atom. The molecule has 1 aromatic heterocycles. The van der Waals surface area contributed by atoms with Crippen LogP contribution in [0.4, 0.5) is 24.7 Å². The van der Waals surface area contributed by atoms with E-state index >= 15 is 0 Å². The molecule has 0 spiro atoms. The third-order valence-corrected chi connectivity index (χ3v) is 2.92. The first kappa shape index (κ1) is 14.3. The molecule has 2 rings (SSSR count). The molecular formula is C12H11F3N4S. The number of nitrogens with zero attached hydrogens (tertiary/aromatic N) is 2. The standard InChI is InChI=1S/C12H11F3N4S/c1-5-9(11(16)20)12(19(2)18-5)17-10-7(14)3-6(13)4-8(10)15/h3-4,17H,1-2H3,(H2,16,20). The highest BCUT2D eigenvalue weighted by Crippen LogP contribution is 2.27. The molecule has 3 N–H and O–H groups in total. The van der Waals surface area contributed by atoms with Crippen LogP contribution in [0.25, 0.3) is 0 Å². The molecule has 0 aliphatic heterocycles. The lowest BCUT2D eigenvalue weighted by Gasteiger charge is -2.11. The second kappa shape index (κ2) is 5.12. The summed E-state index contributed by atoms with van der Waals surface area (Å²) in [5, 5.41) is 6.60. The van der Waals surface area contributed by atoms with Gasteiger partial charge in [0.05, 0.1) is 11.3 Å². The second-order valence-electron chi connectivity index (χ2n) is 4.17. The molecule has 0 unspecified atom stereocenters. The monoisotopic (exact) mass is 300 g/mol. The van der Waals surface area contributed by atoms with Crippen LogP contribution in [-0.4, -0.2) is 14.8 Å². The summed E-state index contributed by atoms with van der Waals surface area (Å²) in [5.74, 6) is -2.88. The summed E-state index contributed by atoms with van der Waals surface area (Å²) in [4.78, 5) is 0.0426. The van der Waals surface area contributed by atoms with E-state index in [1.165, 1.54) is 4.68 Å². The Morgan fingerprint density at radius 1 is 1.30 bits per heavy atom. The van der Waals surface area contributed by atoms with Crippen molar-refractivity contribution in [2.45, 2.75) is 6.92 Å². The minimum Gasteiger partial charge on any atom is -0.389 e. The zero-order chi connectivity index (χ0) is 15.0. The summed E-state index contributed by atoms with van der Waals surface area (Å²) in [5.41, 5.74) is 5.98. The normalized spacial score (nSPS) is 10.7. The number of anilines is 2. The first-order valence-electron chi connectivity index (χ1n) is 5.56. The molecule has 1 heterocycles. The van der Waals surface area contributed by atoms with E-state index in [1.807, 2.05) is 0 Å². The lowest BCUT2D eigenvalue weighted by Crippen LogP contribution is -2.13. The Balaban J connectivity index is 2.54. The van der Waals surface area contributed by atoms with E-state index in [2.05, 4.69) is 10.4 Å². The smallest absolute Gasteiger partial charge is 0.152 e. The molecule has 0 fully saturated rings. The van der Waals surface area contributed by atoms with Gasteiger partial charge in [0, 0.05) is 19.2 Å². The van der Waals surface area contributed by atoms with Gasteiger partial charge in [-0.3, -0.25) is 4.68 Å². The zero-order valence-electron chi connectivity index (χ0n) is 10.7. The van der Waals surface area contributed by atoms with E-state index in [1.54, 1.807) is 14.0 Å². The molecular weight excluding hydrogens is 289 g/mol. The predicted octanol–water partition coefficient (Wildman–Crippen LogP) is 2.52. The van der Waals surface area contributed by atoms with Gasteiger partial charge in [-0.1, -0.05) is 12.2 Å². The molecule has 20 heavy (non-hydrogen) atoms. The van der Waals surface area contributed by atoms with E-state index in [9.17, 15) is 13.2 Å². The summed E-state index contributed by atoms with van der Waals surface area (Å²) in [7, 11) is 1.57. The van der Waals surface area contributed by atoms with Crippen molar-refractivity contribution in [3.05, 3.63) is 40.8 Å². The maximum Gasteiger partial charge on any atom is 0.152 e.